The molecule has 0 bridgehead atoms. The van der Waals surface area contributed by atoms with Gasteiger partial charge in [0.25, 0.3) is 5.91 Å². The number of aliphatic carboxylic acids is 1. The van der Waals surface area contributed by atoms with E-state index in [1.807, 2.05) is 5.32 Å². The fourth-order valence-electron chi connectivity index (χ4n) is 2.05. The van der Waals surface area contributed by atoms with Gasteiger partial charge in [-0.3, -0.25) is 4.79 Å². The Bertz CT molecular complexity index is 804. The lowest BCUT2D eigenvalue weighted by atomic mass is 10.1. The summed E-state index contributed by atoms with van der Waals surface area (Å²) < 4.78 is 63.4. The maximum absolute atomic E-state index is 12.6. The van der Waals surface area contributed by atoms with Crippen LogP contribution in [0.4, 0.5) is 22.0 Å². The number of amides is 1. The molecule has 0 aliphatic rings. The van der Waals surface area contributed by atoms with Crippen LogP contribution in [0.25, 0.3) is 5.69 Å². The molecule has 26 heavy (non-hydrogen) atoms. The van der Waals surface area contributed by atoms with Gasteiger partial charge >= 0.3 is 12.1 Å². The molecule has 1 heterocycles. The molecule has 1 aromatic heterocycles. The Morgan fingerprint density at radius 1 is 1.23 bits per heavy atom. The summed E-state index contributed by atoms with van der Waals surface area (Å²) >= 11 is 0. The largest absolute Gasteiger partial charge is 0.480 e. The lowest BCUT2D eigenvalue weighted by molar-refractivity contribution is -0.141. The van der Waals surface area contributed by atoms with Crippen LogP contribution in [0.15, 0.2) is 36.5 Å². The zero-order valence-electron chi connectivity index (χ0n) is 12.9. The lowest BCUT2D eigenvalue weighted by Gasteiger charge is -2.14. The molecule has 11 heteroatoms. The number of hydrogen-bond acceptors (Lipinski definition) is 3. The Morgan fingerprint density at radius 3 is 2.46 bits per heavy atom. The Morgan fingerprint density at radius 2 is 1.92 bits per heavy atom. The van der Waals surface area contributed by atoms with E-state index in [2.05, 4.69) is 5.10 Å². The molecule has 1 amide bonds. The molecule has 6 nitrogen and oxygen atoms in total. The summed E-state index contributed by atoms with van der Waals surface area (Å²) in [6, 6.07) is 4.07. The highest BCUT2D eigenvalue weighted by atomic mass is 19.4. The van der Waals surface area contributed by atoms with E-state index < -0.39 is 42.6 Å². The third kappa shape index (κ3) is 4.77. The van der Waals surface area contributed by atoms with Crippen LogP contribution in [0.5, 0.6) is 0 Å². The average molecular weight is 377 g/mol. The first kappa shape index (κ1) is 19.3. The Labute approximate surface area is 143 Å². The van der Waals surface area contributed by atoms with Crippen LogP contribution in [0, 0.1) is 0 Å². The van der Waals surface area contributed by atoms with Crippen molar-refractivity contribution in [1.29, 1.82) is 0 Å². The molecule has 140 valence electrons. The molecule has 0 spiro atoms. The molecule has 0 saturated carbocycles. The number of benzene rings is 1. The molecule has 2 N–H and O–H groups in total. The Kier molecular flexibility index (Phi) is 5.58. The molecule has 0 aliphatic carbocycles. The summed E-state index contributed by atoms with van der Waals surface area (Å²) in [7, 11) is 0. The fraction of sp³-hybridized carbons (Fsp3) is 0.267. The van der Waals surface area contributed by atoms with Gasteiger partial charge in [0.1, 0.15) is 6.04 Å². The summed E-state index contributed by atoms with van der Waals surface area (Å²) in [5.74, 6) is -2.58. The highest BCUT2D eigenvalue weighted by molar-refractivity contribution is 5.97. The molecule has 1 atom stereocenters. The first-order chi connectivity index (χ1) is 12.1. The van der Waals surface area contributed by atoms with Crippen molar-refractivity contribution in [3.63, 3.8) is 0 Å². The maximum atomic E-state index is 12.6. The van der Waals surface area contributed by atoms with E-state index in [0.29, 0.717) is 0 Å². The first-order valence-corrected chi connectivity index (χ1v) is 7.13. The number of rotatable bonds is 6. The number of alkyl halides is 5. The molecule has 1 unspecified atom stereocenters. The van der Waals surface area contributed by atoms with Gasteiger partial charge in [-0.2, -0.15) is 18.3 Å². The van der Waals surface area contributed by atoms with Gasteiger partial charge in [0, 0.05) is 18.2 Å². The molecular formula is C15H12F5N3O3. The van der Waals surface area contributed by atoms with Crippen LogP contribution in [0.1, 0.15) is 22.5 Å². The van der Waals surface area contributed by atoms with Crippen molar-refractivity contribution < 1.29 is 36.6 Å². The van der Waals surface area contributed by atoms with Gasteiger partial charge in [0.2, 0.25) is 6.43 Å². The number of hydrogen-bond donors (Lipinski definition) is 2. The van der Waals surface area contributed by atoms with E-state index in [4.69, 9.17) is 5.11 Å². The molecule has 0 fully saturated rings. The maximum Gasteiger partial charge on any atom is 0.435 e. The fourth-order valence-corrected chi connectivity index (χ4v) is 2.05. The number of nitrogens with zero attached hydrogens (tertiary/aromatic N) is 2. The van der Waals surface area contributed by atoms with E-state index in [1.165, 1.54) is 18.2 Å². The number of carbonyl (C=O) groups is 2. The summed E-state index contributed by atoms with van der Waals surface area (Å²) in [5.41, 5.74) is -1.14. The van der Waals surface area contributed by atoms with Crippen LogP contribution in [0.3, 0.4) is 0 Å². The SMILES string of the molecule is O=C(NC(CC(F)F)C(=O)O)c1cccc(-n2ccc(C(F)(F)F)n2)c1. The van der Waals surface area contributed by atoms with Gasteiger partial charge in [0.05, 0.1) is 5.69 Å². The van der Waals surface area contributed by atoms with Crippen LogP contribution >= 0.6 is 0 Å². The highest BCUT2D eigenvalue weighted by Gasteiger charge is 2.33. The lowest BCUT2D eigenvalue weighted by Crippen LogP contribution is -2.42. The van der Waals surface area contributed by atoms with E-state index in [9.17, 15) is 31.5 Å². The number of nitrogens with one attached hydrogen (secondary N) is 1. The van der Waals surface area contributed by atoms with Gasteiger partial charge in [-0.25, -0.2) is 18.3 Å². The van der Waals surface area contributed by atoms with E-state index >= 15 is 0 Å². The molecule has 0 radical (unpaired) electrons. The summed E-state index contributed by atoms with van der Waals surface area (Å²) in [6.45, 7) is 0. The van der Waals surface area contributed by atoms with Crippen molar-refractivity contribution in [2.24, 2.45) is 0 Å². The highest BCUT2D eigenvalue weighted by Crippen LogP contribution is 2.27. The minimum Gasteiger partial charge on any atom is -0.480 e. The van der Waals surface area contributed by atoms with Gasteiger partial charge in [-0.15, -0.1) is 0 Å². The molecule has 1 aromatic carbocycles. The molecule has 2 rings (SSSR count). The van der Waals surface area contributed by atoms with Gasteiger partial charge < -0.3 is 10.4 Å². The number of aromatic nitrogens is 2. The monoisotopic (exact) mass is 377 g/mol. The van der Waals surface area contributed by atoms with Gasteiger partial charge in [-0.05, 0) is 24.3 Å². The van der Waals surface area contributed by atoms with Crippen molar-refractivity contribution in [2.75, 3.05) is 0 Å². The minimum atomic E-state index is -4.63. The third-order valence-electron chi connectivity index (χ3n) is 3.27. The Balaban J connectivity index is 2.21. The topological polar surface area (TPSA) is 84.2 Å². The van der Waals surface area contributed by atoms with Crippen LogP contribution in [0.2, 0.25) is 0 Å². The molecule has 0 saturated heterocycles. The van der Waals surface area contributed by atoms with Gasteiger partial charge in [0.15, 0.2) is 5.69 Å². The van der Waals surface area contributed by atoms with Crippen LogP contribution in [-0.4, -0.2) is 39.2 Å². The summed E-state index contributed by atoms with van der Waals surface area (Å²) in [6.07, 6.45) is -7.61. The second kappa shape index (κ2) is 7.50. The van der Waals surface area contributed by atoms with E-state index in [0.717, 1.165) is 23.0 Å². The van der Waals surface area contributed by atoms with Gasteiger partial charge in [-0.1, -0.05) is 6.07 Å². The normalized spacial score (nSPS) is 12.8. The standard InChI is InChI=1S/C15H12F5N3O3/c16-12(17)7-10(14(25)26)21-13(24)8-2-1-3-9(6-8)23-5-4-11(22-23)15(18,19)20/h1-6,10,12H,7H2,(H,21,24)(H,25,26). The summed E-state index contributed by atoms with van der Waals surface area (Å²) in [4.78, 5) is 23.0. The minimum absolute atomic E-state index is 0.105. The predicted octanol–water partition coefficient (Wildman–Crippen LogP) is 2.73. The molecule has 0 aliphatic heterocycles. The van der Waals surface area contributed by atoms with Crippen molar-refractivity contribution in [3.05, 3.63) is 47.8 Å². The summed E-state index contributed by atoms with van der Waals surface area (Å²) in [5, 5.41) is 14.2. The van der Waals surface area contributed by atoms with Crippen molar-refractivity contribution in [2.45, 2.75) is 25.1 Å². The quantitative estimate of drug-likeness (QED) is 0.759. The number of carboxylic acid groups (broad SMARTS) is 1. The number of halogens is 5. The second-order valence-electron chi connectivity index (χ2n) is 5.18. The number of carbonyl (C=O) groups excluding carboxylic acids is 1. The third-order valence-corrected chi connectivity index (χ3v) is 3.27. The van der Waals surface area contributed by atoms with Crippen molar-refractivity contribution >= 4 is 11.9 Å². The van der Waals surface area contributed by atoms with Crippen molar-refractivity contribution in [3.8, 4) is 5.69 Å². The van der Waals surface area contributed by atoms with Crippen LogP contribution < -0.4 is 5.32 Å². The second-order valence-corrected chi connectivity index (χ2v) is 5.18. The molecule has 2 aromatic rings. The van der Waals surface area contributed by atoms with Crippen molar-refractivity contribution in [1.82, 2.24) is 15.1 Å². The van der Waals surface area contributed by atoms with Crippen LogP contribution in [-0.2, 0) is 11.0 Å². The first-order valence-electron chi connectivity index (χ1n) is 7.13. The predicted molar refractivity (Wildman–Crippen MR) is 78.1 cm³/mol. The van der Waals surface area contributed by atoms with E-state index in [-0.39, 0.29) is 11.3 Å². The smallest absolute Gasteiger partial charge is 0.435 e. The molecular weight excluding hydrogens is 365 g/mol. The number of carboxylic acids is 1. The Hall–Kier alpha value is -2.98. The zero-order chi connectivity index (χ0) is 19.5. The zero-order valence-corrected chi connectivity index (χ0v) is 12.9. The average Bonchev–Trinajstić information content (AvgIpc) is 3.04. The van der Waals surface area contributed by atoms with E-state index in [1.54, 1.807) is 0 Å².